The molecule has 0 saturated carbocycles. The lowest BCUT2D eigenvalue weighted by Gasteiger charge is -2.25. The predicted molar refractivity (Wildman–Crippen MR) is 116 cm³/mol. The number of amides is 1. The zero-order valence-corrected chi connectivity index (χ0v) is 18.1. The molecule has 0 unspecified atom stereocenters. The predicted octanol–water partition coefficient (Wildman–Crippen LogP) is 4.53. The molecule has 3 aromatic rings. The molecule has 0 bridgehead atoms. The summed E-state index contributed by atoms with van der Waals surface area (Å²) in [5.41, 5.74) is 1.79. The van der Waals surface area contributed by atoms with Crippen LogP contribution in [0.3, 0.4) is 0 Å². The highest BCUT2D eigenvalue weighted by molar-refractivity contribution is 6.30. The number of aromatic nitrogens is 2. The molecule has 1 aromatic heterocycles. The van der Waals surface area contributed by atoms with Crippen molar-refractivity contribution in [3.63, 3.8) is 0 Å². The molecule has 0 spiro atoms. The summed E-state index contributed by atoms with van der Waals surface area (Å²) in [5, 5.41) is 4.67. The Kier molecular flexibility index (Phi) is 6.72. The highest BCUT2D eigenvalue weighted by Gasteiger charge is 2.20. The lowest BCUT2D eigenvalue weighted by molar-refractivity contribution is -0.131. The van der Waals surface area contributed by atoms with Crippen molar-refractivity contribution in [2.45, 2.75) is 32.7 Å². The van der Waals surface area contributed by atoms with Crippen molar-refractivity contribution >= 4 is 17.5 Å². The molecule has 1 amide bonds. The van der Waals surface area contributed by atoms with Gasteiger partial charge in [0.15, 0.2) is 11.5 Å². The van der Waals surface area contributed by atoms with Gasteiger partial charge in [-0.1, -0.05) is 28.9 Å². The van der Waals surface area contributed by atoms with Crippen molar-refractivity contribution in [3.05, 3.63) is 58.9 Å². The van der Waals surface area contributed by atoms with E-state index in [1.165, 1.54) is 0 Å². The van der Waals surface area contributed by atoms with Gasteiger partial charge in [-0.3, -0.25) is 4.79 Å². The molecular formula is C23H24ClN3O4. The standard InChI is InChI=1S/C23H24ClN3O4/c1-2-27(15-17-5-3-6-19-22(17)30-14-13-29-19)21(28)8-4-7-20-25-23(26-31-20)16-9-11-18(24)12-10-16/h3,5-6,9-12H,2,4,7-8,13-15H2,1H3. The molecule has 1 aliphatic heterocycles. The number of benzene rings is 2. The first-order valence-corrected chi connectivity index (χ1v) is 10.8. The van der Waals surface area contributed by atoms with Crippen molar-refractivity contribution < 1.29 is 18.8 Å². The molecule has 0 aliphatic carbocycles. The van der Waals surface area contributed by atoms with Crippen LogP contribution in [0.2, 0.25) is 5.02 Å². The van der Waals surface area contributed by atoms with Gasteiger partial charge in [0, 0.05) is 42.1 Å². The molecule has 1 aliphatic rings. The number of fused-ring (bicyclic) bond motifs is 1. The average molecular weight is 442 g/mol. The zero-order chi connectivity index (χ0) is 21.6. The Morgan fingerprint density at radius 3 is 2.74 bits per heavy atom. The molecule has 0 atom stereocenters. The number of para-hydroxylation sites is 1. The Bertz CT molecular complexity index is 1040. The number of hydrogen-bond donors (Lipinski definition) is 0. The summed E-state index contributed by atoms with van der Waals surface area (Å²) in [7, 11) is 0. The molecule has 0 fully saturated rings. The van der Waals surface area contributed by atoms with Crippen LogP contribution in [0.1, 0.15) is 31.2 Å². The third-order valence-corrected chi connectivity index (χ3v) is 5.35. The van der Waals surface area contributed by atoms with Crippen LogP contribution in [0.5, 0.6) is 11.5 Å². The Morgan fingerprint density at radius 1 is 1.13 bits per heavy atom. The Balaban J connectivity index is 1.31. The Morgan fingerprint density at radius 2 is 1.94 bits per heavy atom. The van der Waals surface area contributed by atoms with E-state index in [-0.39, 0.29) is 5.91 Å². The van der Waals surface area contributed by atoms with Gasteiger partial charge in [-0.05, 0) is 43.7 Å². The second kappa shape index (κ2) is 9.83. The number of carbonyl (C=O) groups is 1. The Labute approximate surface area is 185 Å². The summed E-state index contributed by atoms with van der Waals surface area (Å²) in [6, 6.07) is 13.0. The second-order valence-corrected chi connectivity index (χ2v) is 7.66. The van der Waals surface area contributed by atoms with E-state index in [0.29, 0.717) is 62.3 Å². The first-order chi connectivity index (χ1) is 15.1. The van der Waals surface area contributed by atoms with E-state index < -0.39 is 0 Å². The minimum atomic E-state index is 0.0780. The molecular weight excluding hydrogens is 418 g/mol. The normalized spacial score (nSPS) is 12.6. The number of nitrogens with zero attached hydrogens (tertiary/aromatic N) is 3. The second-order valence-electron chi connectivity index (χ2n) is 7.22. The number of carbonyl (C=O) groups excluding carboxylic acids is 1. The van der Waals surface area contributed by atoms with Gasteiger partial charge < -0.3 is 18.9 Å². The summed E-state index contributed by atoms with van der Waals surface area (Å²) in [6.45, 7) is 4.14. The number of rotatable bonds is 8. The van der Waals surface area contributed by atoms with E-state index in [2.05, 4.69) is 10.1 Å². The highest BCUT2D eigenvalue weighted by atomic mass is 35.5. The maximum atomic E-state index is 12.8. The molecule has 0 saturated heterocycles. The van der Waals surface area contributed by atoms with Gasteiger partial charge in [0.25, 0.3) is 0 Å². The van der Waals surface area contributed by atoms with E-state index in [0.717, 1.165) is 22.6 Å². The minimum Gasteiger partial charge on any atom is -0.486 e. The maximum Gasteiger partial charge on any atom is 0.226 e. The molecule has 7 nitrogen and oxygen atoms in total. The summed E-state index contributed by atoms with van der Waals surface area (Å²) < 4.78 is 16.7. The Hall–Kier alpha value is -3.06. The molecule has 4 rings (SSSR count). The third kappa shape index (κ3) is 5.17. The van der Waals surface area contributed by atoms with Crippen LogP contribution in [0, 0.1) is 0 Å². The summed E-state index contributed by atoms with van der Waals surface area (Å²) >= 11 is 5.91. The summed E-state index contributed by atoms with van der Waals surface area (Å²) in [4.78, 5) is 19.0. The average Bonchev–Trinajstić information content (AvgIpc) is 3.26. The van der Waals surface area contributed by atoms with E-state index in [1.807, 2.05) is 42.2 Å². The van der Waals surface area contributed by atoms with Crippen LogP contribution >= 0.6 is 11.6 Å². The van der Waals surface area contributed by atoms with Crippen LogP contribution in [-0.4, -0.2) is 40.7 Å². The van der Waals surface area contributed by atoms with Crippen LogP contribution < -0.4 is 9.47 Å². The van der Waals surface area contributed by atoms with Crippen molar-refractivity contribution in [2.24, 2.45) is 0 Å². The van der Waals surface area contributed by atoms with Crippen molar-refractivity contribution in [2.75, 3.05) is 19.8 Å². The van der Waals surface area contributed by atoms with E-state index in [4.69, 9.17) is 25.6 Å². The molecule has 0 radical (unpaired) electrons. The van der Waals surface area contributed by atoms with E-state index in [9.17, 15) is 4.79 Å². The molecule has 2 heterocycles. The molecule has 0 N–H and O–H groups in total. The number of aryl methyl sites for hydroxylation is 1. The summed E-state index contributed by atoms with van der Waals surface area (Å²) in [5.74, 6) is 2.59. The van der Waals surface area contributed by atoms with Gasteiger partial charge in [0.2, 0.25) is 17.6 Å². The van der Waals surface area contributed by atoms with Gasteiger partial charge in [-0.25, -0.2) is 0 Å². The monoisotopic (exact) mass is 441 g/mol. The number of ether oxygens (including phenoxy) is 2. The van der Waals surface area contributed by atoms with Gasteiger partial charge >= 0.3 is 0 Å². The molecule has 31 heavy (non-hydrogen) atoms. The fraction of sp³-hybridized carbons (Fsp3) is 0.348. The lowest BCUT2D eigenvalue weighted by Crippen LogP contribution is -2.30. The van der Waals surface area contributed by atoms with Gasteiger partial charge in [-0.2, -0.15) is 4.98 Å². The number of halogens is 1. The first kappa shape index (κ1) is 21.2. The fourth-order valence-electron chi connectivity index (χ4n) is 3.46. The van der Waals surface area contributed by atoms with Crippen LogP contribution in [0.4, 0.5) is 0 Å². The minimum absolute atomic E-state index is 0.0780. The van der Waals surface area contributed by atoms with Crippen LogP contribution in [-0.2, 0) is 17.8 Å². The first-order valence-electron chi connectivity index (χ1n) is 10.4. The van der Waals surface area contributed by atoms with Crippen LogP contribution in [0.25, 0.3) is 11.4 Å². The maximum absolute atomic E-state index is 12.8. The molecule has 162 valence electrons. The molecule has 2 aromatic carbocycles. The smallest absolute Gasteiger partial charge is 0.226 e. The van der Waals surface area contributed by atoms with Crippen molar-refractivity contribution in [1.29, 1.82) is 0 Å². The van der Waals surface area contributed by atoms with Crippen molar-refractivity contribution in [3.8, 4) is 22.9 Å². The van der Waals surface area contributed by atoms with E-state index >= 15 is 0 Å². The summed E-state index contributed by atoms with van der Waals surface area (Å²) in [6.07, 6.45) is 1.57. The fourth-order valence-corrected chi connectivity index (χ4v) is 3.59. The largest absolute Gasteiger partial charge is 0.486 e. The number of hydrogen-bond acceptors (Lipinski definition) is 6. The van der Waals surface area contributed by atoms with E-state index in [1.54, 1.807) is 12.1 Å². The van der Waals surface area contributed by atoms with Gasteiger partial charge in [0.05, 0.1) is 0 Å². The van der Waals surface area contributed by atoms with Gasteiger partial charge in [0.1, 0.15) is 13.2 Å². The topological polar surface area (TPSA) is 77.7 Å². The lowest BCUT2D eigenvalue weighted by atomic mass is 10.1. The van der Waals surface area contributed by atoms with Gasteiger partial charge in [-0.15, -0.1) is 0 Å². The van der Waals surface area contributed by atoms with Crippen LogP contribution in [0.15, 0.2) is 47.0 Å². The zero-order valence-electron chi connectivity index (χ0n) is 17.3. The quantitative estimate of drug-likeness (QED) is 0.511. The SMILES string of the molecule is CCN(Cc1cccc2c1OCCO2)C(=O)CCCc1nc(-c2ccc(Cl)cc2)no1. The molecule has 8 heteroatoms. The third-order valence-electron chi connectivity index (χ3n) is 5.10. The van der Waals surface area contributed by atoms with Crippen molar-refractivity contribution in [1.82, 2.24) is 15.0 Å². The highest BCUT2D eigenvalue weighted by Crippen LogP contribution is 2.34.